The molecule has 3 nitrogen and oxygen atoms in total. The van der Waals surface area contributed by atoms with Crippen LogP contribution in [0.3, 0.4) is 0 Å². The molecule has 0 bridgehead atoms. The van der Waals surface area contributed by atoms with Crippen LogP contribution in [0.1, 0.15) is 18.5 Å². The third kappa shape index (κ3) is 2.10. The molecule has 78 valence electrons. The molecule has 14 heavy (non-hydrogen) atoms. The average molecular weight is 214 g/mol. The normalized spacial score (nSPS) is 23.1. The largest absolute Gasteiger partial charge is 0.336 e. The van der Waals surface area contributed by atoms with E-state index in [1.807, 2.05) is 12.5 Å². The Morgan fingerprint density at radius 3 is 3.07 bits per heavy atom. The molecule has 2 heterocycles. The van der Waals surface area contributed by atoms with Gasteiger partial charge in [-0.3, -0.25) is 0 Å². The molecule has 0 spiro atoms. The molecule has 4 heteroatoms. The van der Waals surface area contributed by atoms with Crippen molar-refractivity contribution >= 4 is 11.6 Å². The van der Waals surface area contributed by atoms with Crippen molar-refractivity contribution in [3.63, 3.8) is 0 Å². The summed E-state index contributed by atoms with van der Waals surface area (Å²) in [5, 5.41) is 0. The number of nitrogens with zero attached hydrogens (tertiary/aromatic N) is 3. The maximum atomic E-state index is 5.70. The Morgan fingerprint density at radius 2 is 2.50 bits per heavy atom. The van der Waals surface area contributed by atoms with Gasteiger partial charge in [-0.1, -0.05) is 0 Å². The van der Waals surface area contributed by atoms with Gasteiger partial charge in [0.15, 0.2) is 0 Å². The van der Waals surface area contributed by atoms with E-state index in [9.17, 15) is 0 Å². The molecule has 0 amide bonds. The molecular weight excluding hydrogens is 198 g/mol. The van der Waals surface area contributed by atoms with Crippen LogP contribution in [0.25, 0.3) is 0 Å². The lowest BCUT2D eigenvalue weighted by molar-refractivity contribution is 0.282. The van der Waals surface area contributed by atoms with Gasteiger partial charge >= 0.3 is 0 Å². The first-order valence-corrected chi connectivity index (χ1v) is 5.60. The number of hydrogen-bond donors (Lipinski definition) is 0. The highest BCUT2D eigenvalue weighted by molar-refractivity contribution is 6.16. The molecule has 1 aromatic rings. The van der Waals surface area contributed by atoms with Gasteiger partial charge in [0.05, 0.1) is 17.9 Å². The van der Waals surface area contributed by atoms with Crippen LogP contribution in [0.5, 0.6) is 0 Å². The molecule has 0 saturated carbocycles. The summed E-state index contributed by atoms with van der Waals surface area (Å²) < 4.78 is 2.14. The Hall–Kier alpha value is -0.540. The first kappa shape index (κ1) is 9.99. The number of rotatable bonds is 3. The van der Waals surface area contributed by atoms with Gasteiger partial charge in [-0.2, -0.15) is 0 Å². The Bertz CT molecular complexity index is 297. The minimum atomic E-state index is 0.507. The van der Waals surface area contributed by atoms with E-state index in [-0.39, 0.29) is 0 Å². The number of likely N-dealkylation sites (tertiary alicyclic amines) is 1. The summed E-state index contributed by atoms with van der Waals surface area (Å²) >= 11 is 5.70. The zero-order valence-corrected chi connectivity index (χ0v) is 9.24. The summed E-state index contributed by atoms with van der Waals surface area (Å²) in [4.78, 5) is 6.63. The number of imidazole rings is 1. The van der Waals surface area contributed by atoms with E-state index in [0.717, 1.165) is 12.2 Å². The minimum absolute atomic E-state index is 0.507. The van der Waals surface area contributed by atoms with Gasteiger partial charge in [0, 0.05) is 18.8 Å². The van der Waals surface area contributed by atoms with E-state index in [1.165, 1.54) is 19.4 Å². The van der Waals surface area contributed by atoms with E-state index < -0.39 is 0 Å². The van der Waals surface area contributed by atoms with Gasteiger partial charge in [0.1, 0.15) is 0 Å². The summed E-state index contributed by atoms with van der Waals surface area (Å²) in [6, 6.07) is 0.673. The molecule has 0 aliphatic carbocycles. The monoisotopic (exact) mass is 213 g/mol. The predicted molar refractivity (Wildman–Crippen MR) is 57.4 cm³/mol. The third-order valence-electron chi connectivity index (χ3n) is 2.92. The highest BCUT2D eigenvalue weighted by Gasteiger charge is 2.20. The second-order valence-corrected chi connectivity index (χ2v) is 4.24. The maximum absolute atomic E-state index is 5.70. The molecule has 0 N–H and O–H groups in total. The Morgan fingerprint density at radius 1 is 1.64 bits per heavy atom. The second kappa shape index (κ2) is 4.32. The molecule has 1 fully saturated rings. The van der Waals surface area contributed by atoms with E-state index >= 15 is 0 Å². The molecule has 1 aliphatic heterocycles. The summed E-state index contributed by atoms with van der Waals surface area (Å²) in [6.45, 7) is 2.27. The lowest BCUT2D eigenvalue weighted by atomic mass is 10.2. The van der Waals surface area contributed by atoms with Crippen molar-refractivity contribution in [2.75, 3.05) is 13.6 Å². The van der Waals surface area contributed by atoms with Crippen molar-refractivity contribution in [1.82, 2.24) is 14.5 Å². The van der Waals surface area contributed by atoms with Crippen LogP contribution >= 0.6 is 11.6 Å². The molecule has 1 aromatic heterocycles. The zero-order chi connectivity index (χ0) is 9.97. The van der Waals surface area contributed by atoms with Crippen molar-refractivity contribution < 1.29 is 0 Å². The van der Waals surface area contributed by atoms with Crippen molar-refractivity contribution in [3.05, 3.63) is 18.2 Å². The average Bonchev–Trinajstić information content (AvgIpc) is 2.77. The van der Waals surface area contributed by atoms with Crippen molar-refractivity contribution in [2.24, 2.45) is 0 Å². The van der Waals surface area contributed by atoms with Crippen LogP contribution in [0, 0.1) is 0 Å². The lowest BCUT2D eigenvalue weighted by Crippen LogP contribution is -2.28. The zero-order valence-electron chi connectivity index (χ0n) is 8.49. The van der Waals surface area contributed by atoms with Crippen molar-refractivity contribution in [1.29, 1.82) is 0 Å². The number of hydrogen-bond acceptors (Lipinski definition) is 2. The number of aromatic nitrogens is 2. The number of alkyl halides is 1. The molecule has 1 aliphatic rings. The van der Waals surface area contributed by atoms with E-state index in [0.29, 0.717) is 11.9 Å². The summed E-state index contributed by atoms with van der Waals surface area (Å²) in [6.07, 6.45) is 6.53. The van der Waals surface area contributed by atoms with Gasteiger partial charge in [-0.25, -0.2) is 4.98 Å². The van der Waals surface area contributed by atoms with Gasteiger partial charge in [0.2, 0.25) is 0 Å². The molecule has 1 saturated heterocycles. The van der Waals surface area contributed by atoms with Crippen molar-refractivity contribution in [3.8, 4) is 0 Å². The van der Waals surface area contributed by atoms with Crippen LogP contribution in [0.2, 0.25) is 0 Å². The van der Waals surface area contributed by atoms with Gasteiger partial charge < -0.3 is 9.47 Å². The van der Waals surface area contributed by atoms with Gasteiger partial charge in [-0.05, 0) is 26.4 Å². The Kier molecular flexibility index (Phi) is 3.08. The van der Waals surface area contributed by atoms with Crippen LogP contribution < -0.4 is 0 Å². The first-order valence-electron chi connectivity index (χ1n) is 5.06. The van der Waals surface area contributed by atoms with E-state index in [2.05, 4.69) is 21.5 Å². The van der Waals surface area contributed by atoms with Crippen molar-refractivity contribution in [2.45, 2.75) is 31.3 Å². The third-order valence-corrected chi connectivity index (χ3v) is 3.19. The fraction of sp³-hybridized carbons (Fsp3) is 0.700. The number of likely N-dealkylation sites (N-methyl/N-ethyl adjacent to an activating group) is 1. The minimum Gasteiger partial charge on any atom is -0.336 e. The molecule has 1 atom stereocenters. The Labute approximate surface area is 89.7 Å². The smallest absolute Gasteiger partial charge is 0.0950 e. The highest BCUT2D eigenvalue weighted by Crippen LogP contribution is 2.16. The summed E-state index contributed by atoms with van der Waals surface area (Å²) in [5.74, 6) is 0.507. The van der Waals surface area contributed by atoms with Crippen LogP contribution in [-0.2, 0) is 12.4 Å². The summed E-state index contributed by atoms with van der Waals surface area (Å²) in [7, 11) is 2.19. The number of halogens is 1. The molecule has 0 radical (unpaired) electrons. The molecule has 1 unspecified atom stereocenters. The SMILES string of the molecule is CN1CCCC1Cn1cnc(CCl)c1. The predicted octanol–water partition coefficient (Wildman–Crippen LogP) is 1.72. The molecular formula is C10H16ClN3. The fourth-order valence-electron chi connectivity index (χ4n) is 2.03. The quantitative estimate of drug-likeness (QED) is 0.713. The maximum Gasteiger partial charge on any atom is 0.0950 e. The second-order valence-electron chi connectivity index (χ2n) is 3.97. The standard InChI is InChI=1S/C10H16ClN3/c1-13-4-2-3-10(13)7-14-6-9(5-11)12-8-14/h6,8,10H,2-5,7H2,1H3. The van der Waals surface area contributed by atoms with Gasteiger partial charge in [-0.15, -0.1) is 11.6 Å². The Balaban J connectivity index is 1.96. The lowest BCUT2D eigenvalue weighted by Gasteiger charge is -2.19. The topological polar surface area (TPSA) is 21.1 Å². The van der Waals surface area contributed by atoms with Gasteiger partial charge in [0.25, 0.3) is 0 Å². The van der Waals surface area contributed by atoms with Crippen LogP contribution in [0.4, 0.5) is 0 Å². The first-order chi connectivity index (χ1) is 6.79. The van der Waals surface area contributed by atoms with E-state index in [4.69, 9.17) is 11.6 Å². The highest BCUT2D eigenvalue weighted by atomic mass is 35.5. The van der Waals surface area contributed by atoms with Crippen LogP contribution in [0.15, 0.2) is 12.5 Å². The molecule has 2 rings (SSSR count). The summed E-state index contributed by atoms with van der Waals surface area (Å²) in [5.41, 5.74) is 0.965. The van der Waals surface area contributed by atoms with Crippen LogP contribution in [-0.4, -0.2) is 34.1 Å². The molecule has 0 aromatic carbocycles. The fourth-order valence-corrected chi connectivity index (χ4v) is 2.17. The van der Waals surface area contributed by atoms with E-state index in [1.54, 1.807) is 0 Å².